The van der Waals surface area contributed by atoms with Gasteiger partial charge in [-0.25, -0.2) is 9.59 Å². The van der Waals surface area contributed by atoms with Crippen LogP contribution in [0.25, 0.3) is 0 Å². The van der Waals surface area contributed by atoms with Crippen LogP contribution in [-0.2, 0) is 0 Å². The highest BCUT2D eigenvalue weighted by Gasteiger charge is 2.34. The van der Waals surface area contributed by atoms with Crippen molar-refractivity contribution in [3.05, 3.63) is 34.4 Å². The molecule has 0 aliphatic heterocycles. The van der Waals surface area contributed by atoms with Crippen molar-refractivity contribution in [1.29, 1.82) is 0 Å². The number of rotatable bonds is 8. The third kappa shape index (κ3) is 4.46. The van der Waals surface area contributed by atoms with Crippen LogP contribution in [0, 0.1) is 23.7 Å². The van der Waals surface area contributed by atoms with Crippen molar-refractivity contribution in [2.75, 3.05) is 0 Å². The molecule has 0 atom stereocenters. The number of carbonyl (C=O) groups is 2. The number of hydrogen-bond acceptors (Lipinski definition) is 2. The van der Waals surface area contributed by atoms with E-state index in [-0.39, 0.29) is 46.6 Å². The van der Waals surface area contributed by atoms with Crippen LogP contribution in [-0.4, -0.2) is 22.2 Å². The summed E-state index contributed by atoms with van der Waals surface area (Å²) in [6.45, 7) is 16.4. The molecule has 0 fully saturated rings. The normalized spacial score (nSPS) is 12.2. The van der Waals surface area contributed by atoms with Gasteiger partial charge < -0.3 is 10.2 Å². The van der Waals surface area contributed by atoms with Gasteiger partial charge in [0.05, 0.1) is 11.1 Å². The van der Waals surface area contributed by atoms with Crippen molar-refractivity contribution in [2.24, 2.45) is 23.7 Å². The Kier molecular flexibility index (Phi) is 7.43. The van der Waals surface area contributed by atoms with Crippen LogP contribution >= 0.6 is 0 Å². The van der Waals surface area contributed by atoms with Gasteiger partial charge in [-0.2, -0.15) is 0 Å². The smallest absolute Gasteiger partial charge is 0.336 e. The van der Waals surface area contributed by atoms with E-state index in [1.165, 1.54) is 0 Å². The molecule has 0 heterocycles. The van der Waals surface area contributed by atoms with Crippen LogP contribution in [0.1, 0.15) is 99.1 Å². The van der Waals surface area contributed by atoms with Crippen molar-refractivity contribution in [1.82, 2.24) is 0 Å². The lowest BCUT2D eigenvalue weighted by Gasteiger charge is -2.32. The highest BCUT2D eigenvalue weighted by atomic mass is 16.4. The molecule has 0 spiro atoms. The van der Waals surface area contributed by atoms with Crippen molar-refractivity contribution in [3.8, 4) is 0 Å². The van der Waals surface area contributed by atoms with E-state index in [4.69, 9.17) is 0 Å². The Bertz CT molecular complexity index is 640. The van der Waals surface area contributed by atoms with Gasteiger partial charge in [-0.15, -0.1) is 0 Å². The second-order valence-electron chi connectivity index (χ2n) is 8.63. The largest absolute Gasteiger partial charge is 0.478 e. The van der Waals surface area contributed by atoms with Gasteiger partial charge in [-0.05, 0) is 52.7 Å². The maximum Gasteiger partial charge on any atom is 0.336 e. The Balaban J connectivity index is 3.97. The highest BCUT2D eigenvalue weighted by Crippen LogP contribution is 2.42. The summed E-state index contributed by atoms with van der Waals surface area (Å²) in [5.74, 6) is -1.38. The number of aromatic carboxylic acids is 2. The third-order valence-corrected chi connectivity index (χ3v) is 5.29. The first kappa shape index (κ1) is 22.2. The van der Waals surface area contributed by atoms with Crippen LogP contribution in [0.15, 0.2) is 12.1 Å². The number of carboxylic acid groups (broad SMARTS) is 2. The minimum absolute atomic E-state index is 0.0580. The minimum Gasteiger partial charge on any atom is -0.478 e. The lowest BCUT2D eigenvalue weighted by atomic mass is 9.71. The maximum atomic E-state index is 12.3. The van der Waals surface area contributed by atoms with E-state index in [2.05, 4.69) is 27.7 Å². The second-order valence-corrected chi connectivity index (χ2v) is 8.63. The van der Waals surface area contributed by atoms with E-state index in [0.29, 0.717) is 5.56 Å². The van der Waals surface area contributed by atoms with Gasteiger partial charge in [-0.1, -0.05) is 61.5 Å². The summed E-state index contributed by atoms with van der Waals surface area (Å²) in [6.07, 6.45) is 0. The Morgan fingerprint density at radius 3 is 1.42 bits per heavy atom. The molecule has 1 aromatic carbocycles. The Morgan fingerprint density at radius 1 is 0.692 bits per heavy atom. The SMILES string of the molecule is CC(C)C(c1ccc(C(=O)O)c(C(C(C)C)C(C)C)c1C(=O)O)C(C)C. The zero-order chi connectivity index (χ0) is 20.3. The number of carboxylic acids is 2. The molecule has 0 saturated heterocycles. The molecule has 4 nitrogen and oxygen atoms in total. The fraction of sp³-hybridized carbons (Fsp3) is 0.636. The van der Waals surface area contributed by atoms with E-state index in [1.54, 1.807) is 12.1 Å². The van der Waals surface area contributed by atoms with Crippen LogP contribution in [0.5, 0.6) is 0 Å². The first-order valence-corrected chi connectivity index (χ1v) is 9.55. The molecule has 0 radical (unpaired) electrons. The van der Waals surface area contributed by atoms with E-state index in [0.717, 1.165) is 5.56 Å². The molecule has 0 unspecified atom stereocenters. The van der Waals surface area contributed by atoms with Gasteiger partial charge in [0.15, 0.2) is 0 Å². The molecule has 2 N–H and O–H groups in total. The molecule has 1 aromatic rings. The predicted molar refractivity (Wildman–Crippen MR) is 105 cm³/mol. The summed E-state index contributed by atoms with van der Waals surface area (Å²) < 4.78 is 0. The molecule has 4 heteroatoms. The molecule has 146 valence electrons. The van der Waals surface area contributed by atoms with Crippen molar-refractivity contribution < 1.29 is 19.8 Å². The zero-order valence-corrected chi connectivity index (χ0v) is 17.3. The van der Waals surface area contributed by atoms with Gasteiger partial charge in [0.1, 0.15) is 0 Å². The summed E-state index contributed by atoms with van der Waals surface area (Å²) in [4.78, 5) is 24.2. The zero-order valence-electron chi connectivity index (χ0n) is 17.3. The molecule has 0 aromatic heterocycles. The molecule has 0 amide bonds. The van der Waals surface area contributed by atoms with Crippen molar-refractivity contribution >= 4 is 11.9 Å². The molecule has 0 bridgehead atoms. The molecular weight excluding hydrogens is 328 g/mol. The van der Waals surface area contributed by atoms with Crippen LogP contribution in [0.4, 0.5) is 0 Å². The number of hydrogen-bond donors (Lipinski definition) is 2. The van der Waals surface area contributed by atoms with Crippen molar-refractivity contribution in [3.63, 3.8) is 0 Å². The quantitative estimate of drug-likeness (QED) is 0.606. The summed E-state index contributed by atoms with van der Waals surface area (Å²) in [5, 5.41) is 19.8. The van der Waals surface area contributed by atoms with Crippen LogP contribution in [0.3, 0.4) is 0 Å². The average Bonchev–Trinajstić information content (AvgIpc) is 2.44. The van der Waals surface area contributed by atoms with Gasteiger partial charge in [0, 0.05) is 0 Å². The fourth-order valence-corrected chi connectivity index (χ4v) is 4.61. The standard InChI is InChI=1S/C22H34O4/c1-11(2)17(12(3)4)15-9-10-16(21(23)24)19(20(15)22(25)26)18(13(5)6)14(7)8/h9-14,17-18H,1-8H3,(H,23,24)(H,25,26). The summed E-state index contributed by atoms with van der Waals surface area (Å²) >= 11 is 0. The number of benzene rings is 1. The summed E-state index contributed by atoms with van der Waals surface area (Å²) in [6, 6.07) is 3.33. The van der Waals surface area contributed by atoms with Crippen molar-refractivity contribution in [2.45, 2.75) is 67.2 Å². The Morgan fingerprint density at radius 2 is 1.12 bits per heavy atom. The molecule has 0 aliphatic carbocycles. The molecule has 0 saturated carbocycles. The van der Waals surface area contributed by atoms with Gasteiger partial charge >= 0.3 is 11.9 Å². The summed E-state index contributed by atoms with van der Waals surface area (Å²) in [5.41, 5.74) is 1.56. The molecule has 0 aliphatic rings. The topological polar surface area (TPSA) is 74.6 Å². The molecular formula is C22H34O4. The van der Waals surface area contributed by atoms with E-state index in [9.17, 15) is 19.8 Å². The second kappa shape index (κ2) is 8.70. The first-order chi connectivity index (χ1) is 11.9. The lowest BCUT2D eigenvalue weighted by Crippen LogP contribution is -2.25. The maximum absolute atomic E-state index is 12.3. The van der Waals surface area contributed by atoms with Crippen LogP contribution in [0.2, 0.25) is 0 Å². The van der Waals surface area contributed by atoms with Gasteiger partial charge in [0.25, 0.3) is 0 Å². The summed E-state index contributed by atoms with van der Waals surface area (Å²) in [7, 11) is 0. The monoisotopic (exact) mass is 362 g/mol. The van der Waals surface area contributed by atoms with Gasteiger partial charge in [-0.3, -0.25) is 0 Å². The van der Waals surface area contributed by atoms with E-state index >= 15 is 0 Å². The van der Waals surface area contributed by atoms with E-state index in [1.807, 2.05) is 27.7 Å². The third-order valence-electron chi connectivity index (χ3n) is 5.29. The van der Waals surface area contributed by atoms with Gasteiger partial charge in [0.2, 0.25) is 0 Å². The minimum atomic E-state index is -1.06. The highest BCUT2D eigenvalue weighted by molar-refractivity contribution is 5.98. The predicted octanol–water partition coefficient (Wildman–Crippen LogP) is 5.87. The molecule has 26 heavy (non-hydrogen) atoms. The van der Waals surface area contributed by atoms with E-state index < -0.39 is 11.9 Å². The molecule has 1 rings (SSSR count). The average molecular weight is 363 g/mol. The Labute approximate surface area is 157 Å². The lowest BCUT2D eigenvalue weighted by molar-refractivity contribution is 0.0690. The van der Waals surface area contributed by atoms with Crippen LogP contribution < -0.4 is 0 Å². The fourth-order valence-electron chi connectivity index (χ4n) is 4.61. The Hall–Kier alpha value is -1.84. The first-order valence-electron chi connectivity index (χ1n) is 9.55.